The summed E-state index contributed by atoms with van der Waals surface area (Å²) in [4.78, 5) is 28.9. The van der Waals surface area contributed by atoms with Crippen LogP contribution in [0.25, 0.3) is 0 Å². The number of carbonyl (C=O) groups is 2. The van der Waals surface area contributed by atoms with Gasteiger partial charge in [-0.25, -0.2) is 0 Å². The molecule has 4 nitrogen and oxygen atoms in total. The fourth-order valence-corrected chi connectivity index (χ4v) is 3.35. The van der Waals surface area contributed by atoms with Crippen LogP contribution in [0.1, 0.15) is 30.4 Å². The maximum atomic E-state index is 13.3. The molecule has 1 fully saturated rings. The summed E-state index contributed by atoms with van der Waals surface area (Å²) in [5, 5.41) is 0. The molecular formula is C21H24N2O2. The minimum absolute atomic E-state index is 0.112. The van der Waals surface area contributed by atoms with Gasteiger partial charge in [0.1, 0.15) is 0 Å². The number of hydrogen-bond acceptors (Lipinski definition) is 2. The summed E-state index contributed by atoms with van der Waals surface area (Å²) in [6.45, 7) is 4.31. The lowest BCUT2D eigenvalue weighted by Crippen LogP contribution is -2.51. The molecule has 2 amide bonds. The zero-order valence-corrected chi connectivity index (χ0v) is 14.6. The fraction of sp³-hybridized carbons (Fsp3) is 0.333. The third-order valence-electron chi connectivity index (χ3n) is 4.76. The topological polar surface area (TPSA) is 40.6 Å². The van der Waals surface area contributed by atoms with Gasteiger partial charge in [-0.05, 0) is 11.1 Å². The van der Waals surface area contributed by atoms with Crippen molar-refractivity contribution in [2.24, 2.45) is 0 Å². The lowest BCUT2D eigenvalue weighted by molar-refractivity contribution is -0.139. The Bertz CT molecular complexity index is 668. The molecule has 2 aromatic carbocycles. The first kappa shape index (κ1) is 17.2. The summed E-state index contributed by atoms with van der Waals surface area (Å²) in [6, 6.07) is 19.8. The third kappa shape index (κ3) is 3.90. The molecule has 0 aliphatic carbocycles. The van der Waals surface area contributed by atoms with E-state index in [0.717, 1.165) is 11.1 Å². The van der Waals surface area contributed by atoms with Crippen LogP contribution in [0.5, 0.6) is 0 Å². The van der Waals surface area contributed by atoms with Crippen molar-refractivity contribution in [2.75, 3.05) is 26.2 Å². The highest BCUT2D eigenvalue weighted by Crippen LogP contribution is 2.27. The van der Waals surface area contributed by atoms with Gasteiger partial charge in [-0.15, -0.1) is 0 Å². The molecule has 0 N–H and O–H groups in total. The van der Waals surface area contributed by atoms with E-state index in [-0.39, 0.29) is 17.7 Å². The van der Waals surface area contributed by atoms with Crippen molar-refractivity contribution in [1.29, 1.82) is 0 Å². The molecular weight excluding hydrogens is 312 g/mol. The van der Waals surface area contributed by atoms with Crippen LogP contribution in [0.2, 0.25) is 0 Å². The zero-order valence-electron chi connectivity index (χ0n) is 14.6. The normalized spacial score (nSPS) is 14.6. The predicted molar refractivity (Wildman–Crippen MR) is 98.2 cm³/mol. The van der Waals surface area contributed by atoms with E-state index in [1.807, 2.05) is 77.4 Å². The maximum absolute atomic E-state index is 13.3. The highest BCUT2D eigenvalue weighted by Gasteiger charge is 2.30. The van der Waals surface area contributed by atoms with Gasteiger partial charge in [0.25, 0.3) is 0 Å². The highest BCUT2D eigenvalue weighted by molar-refractivity contribution is 5.87. The minimum atomic E-state index is -0.296. The first-order chi connectivity index (χ1) is 12.2. The lowest BCUT2D eigenvalue weighted by atomic mass is 9.90. The molecule has 1 heterocycles. The zero-order chi connectivity index (χ0) is 17.6. The average Bonchev–Trinajstić information content (AvgIpc) is 2.69. The number of nitrogens with zero attached hydrogens (tertiary/aromatic N) is 2. The van der Waals surface area contributed by atoms with Crippen molar-refractivity contribution in [2.45, 2.75) is 19.3 Å². The highest BCUT2D eigenvalue weighted by atomic mass is 16.2. The Kier molecular flexibility index (Phi) is 5.49. The number of amides is 2. The second kappa shape index (κ2) is 7.97. The van der Waals surface area contributed by atoms with Crippen LogP contribution in [-0.4, -0.2) is 47.8 Å². The summed E-state index contributed by atoms with van der Waals surface area (Å²) in [5.74, 6) is -0.0217. The molecule has 1 saturated heterocycles. The van der Waals surface area contributed by atoms with E-state index in [0.29, 0.717) is 32.6 Å². The molecule has 1 aliphatic rings. The SMILES string of the molecule is CCC(=O)N1CCN(C(=O)C(c2ccccc2)c2ccccc2)CC1. The van der Waals surface area contributed by atoms with E-state index >= 15 is 0 Å². The van der Waals surface area contributed by atoms with Crippen LogP contribution in [-0.2, 0) is 9.59 Å². The third-order valence-corrected chi connectivity index (χ3v) is 4.76. The Hall–Kier alpha value is -2.62. The molecule has 4 heteroatoms. The smallest absolute Gasteiger partial charge is 0.234 e. The van der Waals surface area contributed by atoms with Crippen LogP contribution >= 0.6 is 0 Å². The monoisotopic (exact) mass is 336 g/mol. The van der Waals surface area contributed by atoms with E-state index in [9.17, 15) is 9.59 Å². The standard InChI is InChI=1S/C21H24N2O2/c1-2-19(24)22-13-15-23(16-14-22)21(25)20(17-9-5-3-6-10-17)18-11-7-4-8-12-18/h3-12,20H,2,13-16H2,1H3. The number of hydrogen-bond donors (Lipinski definition) is 0. The van der Waals surface area contributed by atoms with Gasteiger partial charge < -0.3 is 9.80 Å². The van der Waals surface area contributed by atoms with E-state index < -0.39 is 0 Å². The molecule has 0 aromatic heterocycles. The van der Waals surface area contributed by atoms with Gasteiger partial charge in [-0.1, -0.05) is 67.6 Å². The number of rotatable bonds is 4. The Balaban J connectivity index is 1.80. The molecule has 0 unspecified atom stereocenters. The van der Waals surface area contributed by atoms with Gasteiger partial charge in [-0.3, -0.25) is 9.59 Å². The molecule has 0 bridgehead atoms. The van der Waals surface area contributed by atoms with Gasteiger partial charge in [0.05, 0.1) is 5.92 Å². The van der Waals surface area contributed by atoms with Gasteiger partial charge >= 0.3 is 0 Å². The molecule has 0 saturated carbocycles. The molecule has 0 atom stereocenters. The quantitative estimate of drug-likeness (QED) is 0.861. The van der Waals surface area contributed by atoms with Crippen molar-refractivity contribution in [3.05, 3.63) is 71.8 Å². The molecule has 0 radical (unpaired) electrons. The molecule has 0 spiro atoms. The number of benzene rings is 2. The van der Waals surface area contributed by atoms with Crippen molar-refractivity contribution >= 4 is 11.8 Å². The average molecular weight is 336 g/mol. The van der Waals surface area contributed by atoms with E-state index in [1.165, 1.54) is 0 Å². The van der Waals surface area contributed by atoms with E-state index in [4.69, 9.17) is 0 Å². The maximum Gasteiger partial charge on any atom is 0.234 e. The van der Waals surface area contributed by atoms with Crippen molar-refractivity contribution in [3.8, 4) is 0 Å². The van der Waals surface area contributed by atoms with Gasteiger partial charge in [0.2, 0.25) is 11.8 Å². The molecule has 130 valence electrons. The van der Waals surface area contributed by atoms with Crippen LogP contribution < -0.4 is 0 Å². The minimum Gasteiger partial charge on any atom is -0.339 e. The summed E-state index contributed by atoms with van der Waals surface area (Å²) < 4.78 is 0. The molecule has 3 rings (SSSR count). The Morgan fingerprint density at radius 3 is 1.68 bits per heavy atom. The van der Waals surface area contributed by atoms with Crippen molar-refractivity contribution in [3.63, 3.8) is 0 Å². The second-order valence-corrected chi connectivity index (χ2v) is 6.31. The largest absolute Gasteiger partial charge is 0.339 e. The van der Waals surface area contributed by atoms with Crippen molar-refractivity contribution < 1.29 is 9.59 Å². The number of piperazine rings is 1. The fourth-order valence-electron chi connectivity index (χ4n) is 3.35. The van der Waals surface area contributed by atoms with Crippen LogP contribution in [0, 0.1) is 0 Å². The van der Waals surface area contributed by atoms with E-state index in [1.54, 1.807) is 0 Å². The predicted octanol–water partition coefficient (Wildman–Crippen LogP) is 2.90. The van der Waals surface area contributed by atoms with Gasteiger partial charge in [0.15, 0.2) is 0 Å². The molecule has 2 aromatic rings. The van der Waals surface area contributed by atoms with Crippen LogP contribution in [0.3, 0.4) is 0 Å². The summed E-state index contributed by atoms with van der Waals surface area (Å²) in [6.07, 6.45) is 0.518. The van der Waals surface area contributed by atoms with Gasteiger partial charge in [-0.2, -0.15) is 0 Å². The number of carbonyl (C=O) groups excluding carboxylic acids is 2. The van der Waals surface area contributed by atoms with Crippen molar-refractivity contribution in [1.82, 2.24) is 9.80 Å². The van der Waals surface area contributed by atoms with E-state index in [2.05, 4.69) is 0 Å². The first-order valence-corrected chi connectivity index (χ1v) is 8.87. The summed E-state index contributed by atoms with van der Waals surface area (Å²) in [5.41, 5.74) is 2.01. The van der Waals surface area contributed by atoms with Crippen LogP contribution in [0.15, 0.2) is 60.7 Å². The second-order valence-electron chi connectivity index (χ2n) is 6.31. The Morgan fingerprint density at radius 2 is 1.24 bits per heavy atom. The van der Waals surface area contributed by atoms with Gasteiger partial charge in [0, 0.05) is 32.6 Å². The lowest BCUT2D eigenvalue weighted by Gasteiger charge is -2.36. The van der Waals surface area contributed by atoms with Crippen LogP contribution in [0.4, 0.5) is 0 Å². The molecule has 25 heavy (non-hydrogen) atoms. The first-order valence-electron chi connectivity index (χ1n) is 8.87. The summed E-state index contributed by atoms with van der Waals surface area (Å²) >= 11 is 0. The molecule has 1 aliphatic heterocycles. The Morgan fingerprint density at radius 1 is 0.800 bits per heavy atom. The summed E-state index contributed by atoms with van der Waals surface area (Å²) in [7, 11) is 0. The Labute approximate surface area is 149 Å².